The quantitative estimate of drug-likeness (QED) is 0.617. The molecule has 4 rings (SSSR count). The molecule has 0 saturated heterocycles. The molecule has 1 unspecified atom stereocenters. The van der Waals surface area contributed by atoms with Crippen molar-refractivity contribution in [2.45, 2.75) is 31.0 Å². The number of alkyl halides is 1. The number of hydrogen-bond donors (Lipinski definition) is 0. The van der Waals surface area contributed by atoms with Crippen molar-refractivity contribution < 1.29 is 9.47 Å². The first-order chi connectivity index (χ1) is 11.3. The van der Waals surface area contributed by atoms with Crippen LogP contribution >= 0.6 is 11.6 Å². The molecule has 118 valence electrons. The van der Waals surface area contributed by atoms with Crippen LogP contribution in [0.4, 0.5) is 0 Å². The van der Waals surface area contributed by atoms with Crippen LogP contribution < -0.4 is 9.47 Å². The van der Waals surface area contributed by atoms with Crippen LogP contribution in [0.5, 0.6) is 11.5 Å². The summed E-state index contributed by atoms with van der Waals surface area (Å²) in [4.78, 5) is 0. The maximum atomic E-state index is 6.34. The molecule has 0 spiro atoms. The number of hydrogen-bond acceptors (Lipinski definition) is 4. The van der Waals surface area contributed by atoms with Crippen LogP contribution in [0.25, 0.3) is 0 Å². The van der Waals surface area contributed by atoms with Gasteiger partial charge in [-0.1, -0.05) is 41.9 Å². The summed E-state index contributed by atoms with van der Waals surface area (Å²) in [5.41, 5.74) is 4.20. The molecule has 4 nitrogen and oxygen atoms in total. The van der Waals surface area contributed by atoms with Crippen LogP contribution in [0.3, 0.4) is 0 Å². The van der Waals surface area contributed by atoms with Crippen molar-refractivity contribution in [2.75, 3.05) is 7.11 Å². The summed E-state index contributed by atoms with van der Waals surface area (Å²) in [5.74, 6) is 1.48. The molecule has 0 amide bonds. The molecule has 2 aromatic rings. The first-order valence-corrected chi connectivity index (χ1v) is 8.14. The molecule has 0 N–H and O–H groups in total. The minimum absolute atomic E-state index is 0.112. The fourth-order valence-electron chi connectivity index (χ4n) is 3.31. The van der Waals surface area contributed by atoms with Crippen LogP contribution in [-0.4, -0.2) is 13.2 Å². The average molecular weight is 329 g/mol. The molecule has 0 fully saturated rings. The van der Waals surface area contributed by atoms with Gasteiger partial charge in [0.1, 0.15) is 6.10 Å². The molecule has 0 saturated carbocycles. The number of methoxy groups -OCH3 is 1. The molecular weight excluding hydrogens is 312 g/mol. The van der Waals surface area contributed by atoms with Gasteiger partial charge in [-0.2, -0.15) is 10.2 Å². The molecule has 0 radical (unpaired) electrons. The Morgan fingerprint density at radius 2 is 1.83 bits per heavy atom. The summed E-state index contributed by atoms with van der Waals surface area (Å²) in [6.07, 6.45) is 1.93. The van der Waals surface area contributed by atoms with E-state index in [0.717, 1.165) is 35.5 Å². The zero-order valence-corrected chi connectivity index (χ0v) is 13.6. The van der Waals surface area contributed by atoms with Gasteiger partial charge in [0.15, 0.2) is 17.0 Å². The molecule has 2 aliphatic rings. The first-order valence-electron chi connectivity index (χ1n) is 7.70. The summed E-state index contributed by atoms with van der Waals surface area (Å²) >= 11 is 6.25. The molecule has 1 atom stereocenters. The Kier molecular flexibility index (Phi) is 3.69. The van der Waals surface area contributed by atoms with Crippen molar-refractivity contribution in [3.63, 3.8) is 0 Å². The highest BCUT2D eigenvalue weighted by molar-refractivity contribution is 6.20. The highest BCUT2D eigenvalue weighted by atomic mass is 35.5. The summed E-state index contributed by atoms with van der Waals surface area (Å²) in [6, 6.07) is 12.3. The number of ether oxygens (including phenoxy) is 2. The Balaban J connectivity index is 1.66. The third kappa shape index (κ3) is 2.57. The largest absolute Gasteiger partial charge is 0.493 e. The third-order valence-electron chi connectivity index (χ3n) is 4.45. The van der Waals surface area contributed by atoms with Crippen LogP contribution in [0.1, 0.15) is 27.8 Å². The standard InChI is InChI=1S/C18H17ClN2O2/c1-22-16-7-6-14-15(10-20-21-18(14)19)17(16)23-13-8-11-4-2-3-5-12(11)9-13/h2-7,13,18H,8-10H2,1H3. The number of fused-ring (bicyclic) bond motifs is 2. The fourth-order valence-corrected chi connectivity index (χ4v) is 3.58. The molecule has 1 aliphatic carbocycles. The third-order valence-corrected chi connectivity index (χ3v) is 4.77. The molecule has 2 aromatic carbocycles. The minimum Gasteiger partial charge on any atom is -0.493 e. The summed E-state index contributed by atoms with van der Waals surface area (Å²) < 4.78 is 11.8. The molecule has 1 aliphatic heterocycles. The lowest BCUT2D eigenvalue weighted by atomic mass is 10.0. The summed E-state index contributed by atoms with van der Waals surface area (Å²) in [6.45, 7) is 0.477. The summed E-state index contributed by atoms with van der Waals surface area (Å²) in [5, 5.41) is 8.13. The predicted octanol–water partition coefficient (Wildman–Crippen LogP) is 4.44. The van der Waals surface area contributed by atoms with E-state index in [1.807, 2.05) is 12.1 Å². The number of azo groups is 1. The summed E-state index contributed by atoms with van der Waals surface area (Å²) in [7, 11) is 1.65. The van der Waals surface area contributed by atoms with E-state index in [1.54, 1.807) is 7.11 Å². The highest BCUT2D eigenvalue weighted by Gasteiger charge is 2.28. The normalized spacial score (nSPS) is 19.3. The second-order valence-corrected chi connectivity index (χ2v) is 6.25. The minimum atomic E-state index is -0.451. The average Bonchev–Trinajstić information content (AvgIpc) is 2.98. The lowest BCUT2D eigenvalue weighted by Crippen LogP contribution is -2.18. The van der Waals surface area contributed by atoms with Crippen molar-refractivity contribution in [1.29, 1.82) is 0 Å². The van der Waals surface area contributed by atoms with E-state index < -0.39 is 5.50 Å². The molecule has 0 aromatic heterocycles. The molecule has 1 heterocycles. The maximum Gasteiger partial charge on any atom is 0.169 e. The lowest BCUT2D eigenvalue weighted by Gasteiger charge is -2.23. The Morgan fingerprint density at radius 3 is 2.52 bits per heavy atom. The molecule has 0 bridgehead atoms. The van der Waals surface area contributed by atoms with Gasteiger partial charge in [-0.15, -0.1) is 0 Å². The zero-order valence-electron chi connectivity index (χ0n) is 12.8. The van der Waals surface area contributed by atoms with E-state index in [2.05, 4.69) is 34.5 Å². The number of rotatable bonds is 3. The predicted molar refractivity (Wildman–Crippen MR) is 88.4 cm³/mol. The second-order valence-electron chi connectivity index (χ2n) is 5.83. The van der Waals surface area contributed by atoms with Gasteiger partial charge in [-0.3, -0.25) is 0 Å². The van der Waals surface area contributed by atoms with Gasteiger partial charge in [-0.05, 0) is 17.2 Å². The van der Waals surface area contributed by atoms with Crippen molar-refractivity contribution in [3.8, 4) is 11.5 Å². The van der Waals surface area contributed by atoms with E-state index in [9.17, 15) is 0 Å². The second kappa shape index (κ2) is 5.85. The lowest BCUT2D eigenvalue weighted by molar-refractivity contribution is 0.201. The maximum absolute atomic E-state index is 6.34. The fraction of sp³-hybridized carbons (Fsp3) is 0.333. The van der Waals surface area contributed by atoms with Gasteiger partial charge in [0.05, 0.1) is 13.7 Å². The van der Waals surface area contributed by atoms with Gasteiger partial charge in [0.2, 0.25) is 0 Å². The van der Waals surface area contributed by atoms with Crippen molar-refractivity contribution in [1.82, 2.24) is 0 Å². The number of halogens is 1. The van der Waals surface area contributed by atoms with E-state index in [0.29, 0.717) is 6.54 Å². The molecule has 5 heteroatoms. The molecule has 23 heavy (non-hydrogen) atoms. The highest BCUT2D eigenvalue weighted by Crippen LogP contribution is 2.42. The monoisotopic (exact) mass is 328 g/mol. The van der Waals surface area contributed by atoms with Crippen molar-refractivity contribution >= 4 is 11.6 Å². The Labute approximate surface area is 140 Å². The van der Waals surface area contributed by atoms with Gasteiger partial charge >= 0.3 is 0 Å². The topological polar surface area (TPSA) is 43.2 Å². The van der Waals surface area contributed by atoms with E-state index in [-0.39, 0.29) is 6.10 Å². The molecular formula is C18H17ClN2O2. The smallest absolute Gasteiger partial charge is 0.169 e. The van der Waals surface area contributed by atoms with Crippen LogP contribution in [-0.2, 0) is 19.4 Å². The SMILES string of the molecule is COc1ccc2c(c1OC1Cc3ccccc3C1)CN=NC2Cl. The van der Waals surface area contributed by atoms with E-state index >= 15 is 0 Å². The van der Waals surface area contributed by atoms with Crippen molar-refractivity contribution in [3.05, 3.63) is 58.7 Å². The van der Waals surface area contributed by atoms with E-state index in [1.165, 1.54) is 11.1 Å². The Bertz CT molecular complexity index is 751. The van der Waals surface area contributed by atoms with Gasteiger partial charge in [0, 0.05) is 24.0 Å². The van der Waals surface area contributed by atoms with E-state index in [4.69, 9.17) is 21.1 Å². The van der Waals surface area contributed by atoms with Crippen LogP contribution in [0.2, 0.25) is 0 Å². The Morgan fingerprint density at radius 1 is 1.09 bits per heavy atom. The van der Waals surface area contributed by atoms with Crippen molar-refractivity contribution in [2.24, 2.45) is 10.2 Å². The Hall–Kier alpha value is -2.07. The van der Waals surface area contributed by atoms with Crippen LogP contribution in [0, 0.1) is 0 Å². The number of nitrogens with zero attached hydrogens (tertiary/aromatic N) is 2. The zero-order chi connectivity index (χ0) is 15.8. The first kappa shape index (κ1) is 14.5. The van der Waals surface area contributed by atoms with Gasteiger partial charge in [-0.25, -0.2) is 0 Å². The van der Waals surface area contributed by atoms with Gasteiger partial charge < -0.3 is 9.47 Å². The van der Waals surface area contributed by atoms with Gasteiger partial charge in [0.25, 0.3) is 0 Å². The number of benzene rings is 2. The van der Waals surface area contributed by atoms with Crippen LogP contribution in [0.15, 0.2) is 46.6 Å².